The number of halogens is 1. The van der Waals surface area contributed by atoms with Crippen LogP contribution in [-0.2, 0) is 0 Å². The van der Waals surface area contributed by atoms with E-state index in [4.69, 9.17) is 16.3 Å². The zero-order valence-corrected chi connectivity index (χ0v) is 20.9. The zero-order valence-electron chi connectivity index (χ0n) is 20.1. The largest absolute Gasteiger partial charge is 0.493 e. The Morgan fingerprint density at radius 1 is 1.21 bits per heavy atom. The summed E-state index contributed by atoms with van der Waals surface area (Å²) in [6.45, 7) is 12.2. The van der Waals surface area contributed by atoms with Crippen LogP contribution in [0.3, 0.4) is 0 Å². The Labute approximate surface area is 201 Å². The highest BCUT2D eigenvalue weighted by Crippen LogP contribution is 2.39. The van der Waals surface area contributed by atoms with Gasteiger partial charge in [0, 0.05) is 43.8 Å². The van der Waals surface area contributed by atoms with Crippen LogP contribution in [0.5, 0.6) is 5.75 Å². The number of nitrogens with zero attached hydrogens (tertiary/aromatic N) is 3. The molecule has 2 aliphatic rings. The molecule has 4 rings (SSSR count). The summed E-state index contributed by atoms with van der Waals surface area (Å²) in [6, 6.07) is 8.49. The van der Waals surface area contributed by atoms with Crippen molar-refractivity contribution in [3.63, 3.8) is 0 Å². The molecule has 6 nitrogen and oxygen atoms in total. The number of ether oxygens (including phenoxy) is 1. The summed E-state index contributed by atoms with van der Waals surface area (Å²) in [5.74, 6) is 0.919. The van der Waals surface area contributed by atoms with Crippen molar-refractivity contribution in [3.05, 3.63) is 57.9 Å². The Balaban J connectivity index is 1.42. The Kier molecular flexibility index (Phi) is 6.72. The van der Waals surface area contributed by atoms with E-state index in [1.165, 1.54) is 11.1 Å². The average molecular weight is 472 g/mol. The van der Waals surface area contributed by atoms with E-state index in [1.807, 2.05) is 4.90 Å². The number of fused-ring (bicyclic) bond motifs is 2. The first-order chi connectivity index (χ1) is 15.5. The summed E-state index contributed by atoms with van der Waals surface area (Å²) in [5.41, 5.74) is 3.55. The van der Waals surface area contributed by atoms with E-state index in [0.29, 0.717) is 29.8 Å². The number of amides is 1. The molecule has 1 aromatic carbocycles. The van der Waals surface area contributed by atoms with E-state index in [9.17, 15) is 9.90 Å². The van der Waals surface area contributed by atoms with Gasteiger partial charge in [-0.25, -0.2) is 4.98 Å². The molecule has 2 bridgehead atoms. The summed E-state index contributed by atoms with van der Waals surface area (Å²) < 4.78 is 5.96. The third-order valence-corrected chi connectivity index (χ3v) is 7.44. The van der Waals surface area contributed by atoms with Gasteiger partial charge in [-0.3, -0.25) is 9.69 Å². The maximum Gasteiger partial charge on any atom is 0.255 e. The average Bonchev–Trinajstić information content (AvgIpc) is 3.37. The number of hydrogen-bond donors (Lipinski definition) is 1. The topological polar surface area (TPSA) is 65.9 Å². The standard InChI is InChI=1S/C26H34ClN3O3/c1-16-17(2)23(33-11-10-26(4,5)32)8-7-22(16)18(3)29-14-21-12-20(29)15-30(21)25(31)19-6-9-24(27)28-13-19/h6-9,13,18,20-21,32H,10-12,14-15H2,1-5H3/t18-,20+,21+/m0/s1. The van der Waals surface area contributed by atoms with Gasteiger partial charge in [-0.1, -0.05) is 17.7 Å². The SMILES string of the molecule is Cc1c(OCCC(C)(C)O)ccc([C@H](C)N2C[C@H]3C[C@@H]2CN3C(=O)c2ccc(Cl)nc2)c1C. The third kappa shape index (κ3) is 5.03. The molecular formula is C26H34ClN3O3. The molecule has 2 aromatic rings. The molecule has 2 aliphatic heterocycles. The number of pyridine rings is 1. The Bertz CT molecular complexity index is 1020. The lowest BCUT2D eigenvalue weighted by atomic mass is 9.96. The number of hydrogen-bond acceptors (Lipinski definition) is 5. The first-order valence-electron chi connectivity index (χ1n) is 11.7. The first kappa shape index (κ1) is 24.0. The van der Waals surface area contributed by atoms with Crippen LogP contribution in [0.15, 0.2) is 30.5 Å². The van der Waals surface area contributed by atoms with Gasteiger partial charge in [-0.05, 0) is 75.9 Å². The van der Waals surface area contributed by atoms with Gasteiger partial charge in [-0.15, -0.1) is 0 Å². The highest BCUT2D eigenvalue weighted by Gasteiger charge is 2.47. The van der Waals surface area contributed by atoms with Gasteiger partial charge in [-0.2, -0.15) is 0 Å². The summed E-state index contributed by atoms with van der Waals surface area (Å²) in [4.78, 5) is 21.6. The van der Waals surface area contributed by atoms with Crippen LogP contribution in [0.1, 0.15) is 66.7 Å². The molecule has 2 fully saturated rings. The van der Waals surface area contributed by atoms with Crippen LogP contribution in [0.25, 0.3) is 0 Å². The van der Waals surface area contributed by atoms with Crippen molar-refractivity contribution < 1.29 is 14.6 Å². The molecule has 0 radical (unpaired) electrons. The Morgan fingerprint density at radius 3 is 2.58 bits per heavy atom. The number of carbonyl (C=O) groups excluding carboxylic acids is 1. The predicted molar refractivity (Wildman–Crippen MR) is 130 cm³/mol. The molecular weight excluding hydrogens is 438 g/mol. The fourth-order valence-electron chi connectivity index (χ4n) is 5.10. The second-order valence-corrected chi connectivity index (χ2v) is 10.4. The molecule has 33 heavy (non-hydrogen) atoms. The molecule has 0 spiro atoms. The lowest BCUT2D eigenvalue weighted by Gasteiger charge is -2.38. The molecule has 0 aliphatic carbocycles. The lowest BCUT2D eigenvalue weighted by Crippen LogP contribution is -2.49. The fourth-order valence-corrected chi connectivity index (χ4v) is 5.22. The first-order valence-corrected chi connectivity index (χ1v) is 12.1. The van der Waals surface area contributed by atoms with Crippen LogP contribution in [-0.4, -0.2) is 63.2 Å². The van der Waals surface area contributed by atoms with Gasteiger partial charge in [0.2, 0.25) is 0 Å². The minimum absolute atomic E-state index is 0.0403. The van der Waals surface area contributed by atoms with Gasteiger partial charge in [0.15, 0.2) is 0 Å². The third-order valence-electron chi connectivity index (χ3n) is 7.22. The highest BCUT2D eigenvalue weighted by atomic mass is 35.5. The van der Waals surface area contributed by atoms with Crippen molar-refractivity contribution in [2.45, 2.75) is 71.2 Å². The van der Waals surface area contributed by atoms with Crippen LogP contribution >= 0.6 is 11.6 Å². The van der Waals surface area contributed by atoms with Gasteiger partial charge >= 0.3 is 0 Å². The van der Waals surface area contributed by atoms with E-state index in [2.05, 4.69) is 42.8 Å². The van der Waals surface area contributed by atoms with Gasteiger partial charge in [0.1, 0.15) is 10.9 Å². The Morgan fingerprint density at radius 2 is 1.97 bits per heavy atom. The molecule has 3 atom stereocenters. The van der Waals surface area contributed by atoms with Gasteiger partial charge < -0.3 is 14.7 Å². The van der Waals surface area contributed by atoms with E-state index in [-0.39, 0.29) is 18.0 Å². The minimum atomic E-state index is -0.730. The molecule has 1 aromatic heterocycles. The number of carbonyl (C=O) groups is 1. The molecule has 7 heteroatoms. The van der Waals surface area contributed by atoms with Crippen molar-refractivity contribution >= 4 is 17.5 Å². The molecule has 3 heterocycles. The van der Waals surface area contributed by atoms with Gasteiger partial charge in [0.25, 0.3) is 5.91 Å². The highest BCUT2D eigenvalue weighted by molar-refractivity contribution is 6.29. The number of aromatic nitrogens is 1. The fraction of sp³-hybridized carbons (Fsp3) is 0.538. The molecule has 1 amide bonds. The number of rotatable bonds is 7. The smallest absolute Gasteiger partial charge is 0.255 e. The van der Waals surface area contributed by atoms with Crippen LogP contribution in [0, 0.1) is 13.8 Å². The predicted octanol–water partition coefficient (Wildman–Crippen LogP) is 4.55. The second kappa shape index (κ2) is 9.24. The second-order valence-electron chi connectivity index (χ2n) is 10.1. The van der Waals surface area contributed by atoms with E-state index >= 15 is 0 Å². The monoisotopic (exact) mass is 471 g/mol. The molecule has 1 N–H and O–H groups in total. The summed E-state index contributed by atoms with van der Waals surface area (Å²) in [5, 5.41) is 10.3. The lowest BCUT2D eigenvalue weighted by molar-refractivity contribution is 0.0547. The summed E-state index contributed by atoms with van der Waals surface area (Å²) in [6.07, 6.45) is 3.16. The maximum absolute atomic E-state index is 13.0. The minimum Gasteiger partial charge on any atom is -0.493 e. The number of benzene rings is 1. The van der Waals surface area contributed by atoms with Gasteiger partial charge in [0.05, 0.1) is 17.8 Å². The van der Waals surface area contributed by atoms with Crippen LogP contribution in [0.2, 0.25) is 5.15 Å². The maximum atomic E-state index is 13.0. The van der Waals surface area contributed by atoms with Crippen LogP contribution < -0.4 is 4.74 Å². The molecule has 0 unspecified atom stereocenters. The van der Waals surface area contributed by atoms with Crippen LogP contribution in [0.4, 0.5) is 0 Å². The van der Waals surface area contributed by atoms with Crippen molar-refractivity contribution in [2.75, 3.05) is 19.7 Å². The van der Waals surface area contributed by atoms with Crippen molar-refractivity contribution in [1.29, 1.82) is 0 Å². The molecule has 178 valence electrons. The van der Waals surface area contributed by atoms with E-state index in [1.54, 1.807) is 32.2 Å². The molecule has 2 saturated heterocycles. The number of aliphatic hydroxyl groups is 1. The molecule has 0 saturated carbocycles. The van der Waals surface area contributed by atoms with E-state index in [0.717, 1.165) is 30.8 Å². The normalized spacial score (nSPS) is 21.5. The van der Waals surface area contributed by atoms with Crippen molar-refractivity contribution in [3.8, 4) is 5.75 Å². The zero-order chi connectivity index (χ0) is 23.9. The van der Waals surface area contributed by atoms with Crippen molar-refractivity contribution in [2.24, 2.45) is 0 Å². The van der Waals surface area contributed by atoms with E-state index < -0.39 is 5.60 Å². The Hall–Kier alpha value is -2.15. The summed E-state index contributed by atoms with van der Waals surface area (Å²) in [7, 11) is 0. The quantitative estimate of drug-likeness (QED) is 0.600. The number of piperazine rings is 1. The number of likely N-dealkylation sites (tertiary alicyclic amines) is 2. The van der Waals surface area contributed by atoms with Crippen molar-refractivity contribution in [1.82, 2.24) is 14.8 Å². The summed E-state index contributed by atoms with van der Waals surface area (Å²) >= 11 is 5.87.